The summed E-state index contributed by atoms with van der Waals surface area (Å²) in [4.78, 5) is 6.99. The van der Waals surface area contributed by atoms with Crippen LogP contribution in [0.5, 0.6) is 0 Å². The summed E-state index contributed by atoms with van der Waals surface area (Å²) < 4.78 is 38.4. The molecular weight excluding hydrogens is 447 g/mol. The van der Waals surface area contributed by atoms with Gasteiger partial charge in [0.05, 0.1) is 11.3 Å². The van der Waals surface area contributed by atoms with Crippen LogP contribution < -0.4 is 0 Å². The molecule has 2 aromatic carbocycles. The van der Waals surface area contributed by atoms with Crippen LogP contribution in [0.3, 0.4) is 0 Å². The summed E-state index contributed by atoms with van der Waals surface area (Å²) >= 11 is 3.34. The molecular formula is C26H28F3NS2. The second-order valence-electron chi connectivity index (χ2n) is 8.59. The molecule has 0 radical (unpaired) electrons. The monoisotopic (exact) mass is 475 g/mol. The van der Waals surface area contributed by atoms with E-state index in [0.29, 0.717) is 5.92 Å². The number of benzene rings is 2. The quantitative estimate of drug-likeness (QED) is 0.330. The van der Waals surface area contributed by atoms with E-state index < -0.39 is 11.7 Å². The maximum atomic E-state index is 12.8. The lowest BCUT2D eigenvalue weighted by Gasteiger charge is -2.28. The van der Waals surface area contributed by atoms with E-state index in [9.17, 15) is 13.2 Å². The number of aromatic nitrogens is 1. The van der Waals surface area contributed by atoms with Gasteiger partial charge >= 0.3 is 6.18 Å². The minimum atomic E-state index is -4.32. The molecule has 0 saturated heterocycles. The third-order valence-corrected chi connectivity index (χ3v) is 8.93. The fourth-order valence-electron chi connectivity index (χ4n) is 4.38. The van der Waals surface area contributed by atoms with Crippen molar-refractivity contribution in [1.29, 1.82) is 0 Å². The first-order valence-electron chi connectivity index (χ1n) is 11.2. The van der Waals surface area contributed by atoms with Crippen LogP contribution in [0.1, 0.15) is 66.6 Å². The van der Waals surface area contributed by atoms with E-state index in [1.54, 1.807) is 23.1 Å². The van der Waals surface area contributed by atoms with E-state index >= 15 is 0 Å². The van der Waals surface area contributed by atoms with Gasteiger partial charge in [-0.05, 0) is 74.3 Å². The molecule has 1 heterocycles. The minimum absolute atomic E-state index is 0.632. The van der Waals surface area contributed by atoms with Crippen molar-refractivity contribution in [2.45, 2.75) is 68.7 Å². The second-order valence-corrected chi connectivity index (χ2v) is 10.7. The summed E-state index contributed by atoms with van der Waals surface area (Å²) in [5.41, 5.74) is 2.50. The van der Waals surface area contributed by atoms with Gasteiger partial charge in [0.2, 0.25) is 0 Å². The highest BCUT2D eigenvalue weighted by Gasteiger charge is 2.30. The van der Waals surface area contributed by atoms with Gasteiger partial charge in [0.1, 0.15) is 5.01 Å². The molecule has 0 N–H and O–H groups in total. The Labute approximate surface area is 196 Å². The number of hydrogen-bond donors (Lipinski definition) is 0. The molecule has 0 aliphatic heterocycles. The molecule has 1 fully saturated rings. The van der Waals surface area contributed by atoms with E-state index in [4.69, 9.17) is 0 Å². The molecule has 0 bridgehead atoms. The van der Waals surface area contributed by atoms with Gasteiger partial charge < -0.3 is 0 Å². The van der Waals surface area contributed by atoms with Crippen molar-refractivity contribution < 1.29 is 13.2 Å². The molecule has 1 nitrogen and oxygen atoms in total. The summed E-state index contributed by atoms with van der Waals surface area (Å²) in [5.74, 6) is 2.42. The number of hydrogen-bond acceptors (Lipinski definition) is 3. The average Bonchev–Trinajstić information content (AvgIpc) is 3.18. The van der Waals surface area contributed by atoms with Crippen LogP contribution in [0.25, 0.3) is 10.6 Å². The lowest BCUT2D eigenvalue weighted by atomic mass is 9.78. The highest BCUT2D eigenvalue weighted by molar-refractivity contribution is 7.98. The van der Waals surface area contributed by atoms with E-state index in [2.05, 4.69) is 36.2 Å². The van der Waals surface area contributed by atoms with E-state index in [-0.39, 0.29) is 0 Å². The van der Waals surface area contributed by atoms with E-state index in [1.807, 2.05) is 6.92 Å². The van der Waals surface area contributed by atoms with Crippen LogP contribution in [0.2, 0.25) is 0 Å². The first kappa shape index (κ1) is 23.4. The zero-order valence-corrected chi connectivity index (χ0v) is 20.0. The van der Waals surface area contributed by atoms with Crippen molar-refractivity contribution in [2.75, 3.05) is 0 Å². The lowest BCUT2D eigenvalue weighted by Crippen LogP contribution is -2.12. The van der Waals surface area contributed by atoms with Crippen LogP contribution in [0, 0.1) is 12.8 Å². The normalized spacial score (nSPS) is 19.3. The summed E-state index contributed by atoms with van der Waals surface area (Å²) in [5, 5.41) is 0.768. The third kappa shape index (κ3) is 5.57. The second kappa shape index (κ2) is 10.0. The number of thiazole rings is 1. The zero-order chi connectivity index (χ0) is 22.7. The fraction of sp³-hybridized carbons (Fsp3) is 0.423. The van der Waals surface area contributed by atoms with Crippen LogP contribution in [-0.2, 0) is 11.9 Å². The van der Waals surface area contributed by atoms with Gasteiger partial charge in [0.25, 0.3) is 0 Å². The predicted molar refractivity (Wildman–Crippen MR) is 128 cm³/mol. The number of aryl methyl sites for hydroxylation is 1. The Hall–Kier alpha value is -1.79. The molecule has 1 aromatic heterocycles. The first-order valence-corrected chi connectivity index (χ1v) is 13.0. The summed E-state index contributed by atoms with van der Waals surface area (Å²) in [6.45, 7) is 4.27. The number of thioether (sulfide) groups is 1. The largest absolute Gasteiger partial charge is 0.416 e. The molecule has 0 amide bonds. The minimum Gasteiger partial charge on any atom is -0.241 e. The van der Waals surface area contributed by atoms with Gasteiger partial charge in [-0.1, -0.05) is 37.6 Å². The molecule has 32 heavy (non-hydrogen) atoms. The van der Waals surface area contributed by atoms with Gasteiger partial charge in [-0.25, -0.2) is 4.98 Å². The Bertz CT molecular complexity index is 1010. The summed E-state index contributed by atoms with van der Waals surface area (Å²) in [6, 6.07) is 14.3. The third-order valence-electron chi connectivity index (χ3n) is 6.50. The average molecular weight is 476 g/mol. The summed E-state index contributed by atoms with van der Waals surface area (Å²) in [7, 11) is 0. The molecule has 1 saturated carbocycles. The number of halogens is 3. The standard InChI is InChI=1S/C26H28F3NS2/c1-3-18-4-6-19(7-5-18)20-10-14-23(15-11-20)31-16-24-17(2)30-25(32-24)21-8-12-22(13-9-21)26(27,28)29/h8-15,18-19H,3-7,16H2,1-2H3. The molecule has 0 unspecified atom stereocenters. The molecule has 1 aliphatic carbocycles. The van der Waals surface area contributed by atoms with Crippen LogP contribution >= 0.6 is 23.1 Å². The Morgan fingerprint density at radius 3 is 2.22 bits per heavy atom. The van der Waals surface area contributed by atoms with Gasteiger partial charge in [0.15, 0.2) is 0 Å². The Balaban J connectivity index is 1.37. The molecule has 3 aromatic rings. The van der Waals surface area contributed by atoms with Crippen molar-refractivity contribution in [3.8, 4) is 10.6 Å². The van der Waals surface area contributed by atoms with Gasteiger partial charge in [-0.15, -0.1) is 23.1 Å². The maximum absolute atomic E-state index is 12.8. The maximum Gasteiger partial charge on any atom is 0.416 e. The van der Waals surface area contributed by atoms with Crippen LogP contribution in [0.4, 0.5) is 13.2 Å². The smallest absolute Gasteiger partial charge is 0.241 e. The van der Waals surface area contributed by atoms with Crippen LogP contribution in [0.15, 0.2) is 53.4 Å². The van der Waals surface area contributed by atoms with Crippen molar-refractivity contribution in [3.63, 3.8) is 0 Å². The summed E-state index contributed by atoms with van der Waals surface area (Å²) in [6.07, 6.45) is 2.30. The predicted octanol–water partition coefficient (Wildman–Crippen LogP) is 9.11. The Morgan fingerprint density at radius 2 is 1.62 bits per heavy atom. The van der Waals surface area contributed by atoms with Gasteiger partial charge in [-0.2, -0.15) is 13.2 Å². The fourth-order valence-corrected chi connectivity index (χ4v) is 6.49. The Kier molecular flexibility index (Phi) is 7.30. The first-order chi connectivity index (χ1) is 15.3. The zero-order valence-electron chi connectivity index (χ0n) is 18.4. The van der Waals surface area contributed by atoms with Crippen molar-refractivity contribution in [2.24, 2.45) is 5.92 Å². The number of nitrogens with zero attached hydrogens (tertiary/aromatic N) is 1. The van der Waals surface area contributed by atoms with E-state index in [1.165, 1.54) is 54.7 Å². The van der Waals surface area contributed by atoms with Crippen molar-refractivity contribution in [1.82, 2.24) is 4.98 Å². The van der Waals surface area contributed by atoms with Crippen molar-refractivity contribution >= 4 is 23.1 Å². The highest BCUT2D eigenvalue weighted by atomic mass is 32.2. The Morgan fingerprint density at radius 1 is 0.969 bits per heavy atom. The van der Waals surface area contributed by atoms with Crippen molar-refractivity contribution in [3.05, 3.63) is 70.2 Å². The molecule has 170 valence electrons. The van der Waals surface area contributed by atoms with Crippen LogP contribution in [-0.4, -0.2) is 4.98 Å². The molecule has 6 heteroatoms. The van der Waals surface area contributed by atoms with Gasteiger partial charge in [0, 0.05) is 21.1 Å². The lowest BCUT2D eigenvalue weighted by molar-refractivity contribution is -0.137. The topological polar surface area (TPSA) is 12.9 Å². The molecule has 1 aliphatic rings. The molecule has 4 rings (SSSR count). The van der Waals surface area contributed by atoms with E-state index in [0.717, 1.165) is 44.9 Å². The molecule has 0 atom stereocenters. The number of rotatable bonds is 6. The number of alkyl halides is 3. The van der Waals surface area contributed by atoms with Gasteiger partial charge in [-0.3, -0.25) is 0 Å². The molecule has 0 spiro atoms. The SMILES string of the molecule is CCC1CCC(c2ccc(SCc3sc(-c4ccc(C(F)(F)F)cc4)nc3C)cc2)CC1. The highest BCUT2D eigenvalue weighted by Crippen LogP contribution is 2.38.